The van der Waals surface area contributed by atoms with Gasteiger partial charge in [-0.15, -0.1) is 0 Å². The highest BCUT2D eigenvalue weighted by atomic mass is 79.9. The molecule has 0 saturated carbocycles. The van der Waals surface area contributed by atoms with E-state index in [9.17, 15) is 13.2 Å². The quantitative estimate of drug-likeness (QED) is 0.678. The van der Waals surface area contributed by atoms with Gasteiger partial charge in [0.25, 0.3) is 0 Å². The molecule has 17 heavy (non-hydrogen) atoms. The van der Waals surface area contributed by atoms with Crippen LogP contribution in [0.5, 0.6) is 0 Å². The Morgan fingerprint density at radius 2 is 1.47 bits per heavy atom. The second kappa shape index (κ2) is 4.70. The summed E-state index contributed by atoms with van der Waals surface area (Å²) >= 11 is 8.63. The lowest BCUT2D eigenvalue weighted by molar-refractivity contribution is 0.581. The molecule has 0 amide bonds. The van der Waals surface area contributed by atoms with Crippen molar-refractivity contribution in [2.75, 3.05) is 0 Å². The minimum Gasteiger partial charge on any atom is -0.206 e. The van der Waals surface area contributed by atoms with E-state index in [1.807, 2.05) is 0 Å². The van der Waals surface area contributed by atoms with Crippen LogP contribution in [0.3, 0.4) is 0 Å². The molecule has 2 rings (SSSR count). The molecule has 0 N–H and O–H groups in total. The molecule has 0 aliphatic carbocycles. The molecular weight excluding hydrogens is 316 g/mol. The fraction of sp³-hybridized carbons (Fsp3) is 0. The normalized spacial score (nSPS) is 10.6. The first kappa shape index (κ1) is 12.5. The maximum absolute atomic E-state index is 13.6. The minimum absolute atomic E-state index is 0.194. The average molecular weight is 322 g/mol. The van der Waals surface area contributed by atoms with E-state index in [0.717, 1.165) is 18.2 Å². The zero-order valence-corrected chi connectivity index (χ0v) is 10.6. The summed E-state index contributed by atoms with van der Waals surface area (Å²) in [6.07, 6.45) is 0. The number of halogens is 5. The van der Waals surface area contributed by atoms with Crippen molar-refractivity contribution in [3.8, 4) is 11.1 Å². The van der Waals surface area contributed by atoms with E-state index in [4.69, 9.17) is 11.6 Å². The van der Waals surface area contributed by atoms with E-state index >= 15 is 0 Å². The Kier molecular flexibility index (Phi) is 3.45. The van der Waals surface area contributed by atoms with Crippen LogP contribution in [0.25, 0.3) is 11.1 Å². The lowest BCUT2D eigenvalue weighted by Gasteiger charge is -2.07. The van der Waals surface area contributed by atoms with Crippen LogP contribution in [0.4, 0.5) is 13.2 Å². The van der Waals surface area contributed by atoms with Gasteiger partial charge in [-0.25, -0.2) is 13.2 Å². The van der Waals surface area contributed by atoms with Gasteiger partial charge in [-0.3, -0.25) is 0 Å². The highest BCUT2D eigenvalue weighted by Crippen LogP contribution is 2.32. The van der Waals surface area contributed by atoms with Crippen molar-refractivity contribution < 1.29 is 13.2 Å². The molecule has 0 heterocycles. The van der Waals surface area contributed by atoms with Crippen molar-refractivity contribution >= 4 is 27.5 Å². The summed E-state index contributed by atoms with van der Waals surface area (Å²) in [5.74, 6) is -2.43. The summed E-state index contributed by atoms with van der Waals surface area (Å²) in [5, 5.41) is 0.211. The first-order chi connectivity index (χ1) is 7.99. The Morgan fingerprint density at radius 3 is 2.06 bits per heavy atom. The van der Waals surface area contributed by atoms with Gasteiger partial charge >= 0.3 is 0 Å². The molecule has 0 unspecified atom stereocenters. The minimum atomic E-state index is -0.849. The van der Waals surface area contributed by atoms with Crippen LogP contribution in [0, 0.1) is 17.5 Å². The van der Waals surface area contributed by atoms with Crippen LogP contribution in [0.1, 0.15) is 0 Å². The van der Waals surface area contributed by atoms with Crippen LogP contribution in [-0.2, 0) is 0 Å². The van der Waals surface area contributed by atoms with Gasteiger partial charge in [0.05, 0.1) is 5.56 Å². The first-order valence-corrected chi connectivity index (χ1v) is 5.76. The Balaban J connectivity index is 2.72. The molecule has 88 valence electrons. The fourth-order valence-corrected chi connectivity index (χ4v) is 2.06. The van der Waals surface area contributed by atoms with Crippen molar-refractivity contribution in [3.05, 3.63) is 57.3 Å². The predicted octanol–water partition coefficient (Wildman–Crippen LogP) is 5.19. The molecule has 0 nitrogen and oxygen atoms in total. The predicted molar refractivity (Wildman–Crippen MR) is 64.5 cm³/mol. The molecule has 0 spiro atoms. The van der Waals surface area contributed by atoms with E-state index < -0.39 is 23.0 Å². The number of benzene rings is 2. The average Bonchev–Trinajstić information content (AvgIpc) is 2.21. The largest absolute Gasteiger partial charge is 0.206 e. The highest BCUT2D eigenvalue weighted by molar-refractivity contribution is 9.10. The molecule has 0 fully saturated rings. The molecule has 0 radical (unpaired) electrons. The lowest BCUT2D eigenvalue weighted by atomic mass is 10.0. The summed E-state index contributed by atoms with van der Waals surface area (Å²) in [5.41, 5.74) is -0.617. The van der Waals surface area contributed by atoms with Crippen molar-refractivity contribution in [1.29, 1.82) is 0 Å². The van der Waals surface area contributed by atoms with Crippen LogP contribution in [0.15, 0.2) is 34.8 Å². The van der Waals surface area contributed by atoms with Crippen molar-refractivity contribution in [1.82, 2.24) is 0 Å². The summed E-state index contributed by atoms with van der Waals surface area (Å²) in [6.45, 7) is 0. The van der Waals surface area contributed by atoms with E-state index in [-0.39, 0.29) is 15.1 Å². The van der Waals surface area contributed by atoms with Gasteiger partial charge in [-0.05, 0) is 30.3 Å². The molecule has 5 heteroatoms. The van der Waals surface area contributed by atoms with Crippen molar-refractivity contribution in [2.24, 2.45) is 0 Å². The summed E-state index contributed by atoms with van der Waals surface area (Å²) in [4.78, 5) is 0. The number of hydrogen-bond acceptors (Lipinski definition) is 0. The zero-order chi connectivity index (χ0) is 12.6. The number of rotatable bonds is 1. The first-order valence-electron chi connectivity index (χ1n) is 4.59. The second-order valence-electron chi connectivity index (χ2n) is 3.37. The van der Waals surface area contributed by atoms with Crippen LogP contribution >= 0.6 is 27.5 Å². The fourth-order valence-electron chi connectivity index (χ4n) is 1.49. The van der Waals surface area contributed by atoms with Crippen LogP contribution in [-0.4, -0.2) is 0 Å². The highest BCUT2D eigenvalue weighted by Gasteiger charge is 2.16. The van der Waals surface area contributed by atoms with E-state index in [1.54, 1.807) is 0 Å². The molecule has 0 atom stereocenters. The lowest BCUT2D eigenvalue weighted by Crippen LogP contribution is -1.93. The van der Waals surface area contributed by atoms with Gasteiger partial charge < -0.3 is 0 Å². The molecule has 0 bridgehead atoms. The summed E-state index contributed by atoms with van der Waals surface area (Å²) in [7, 11) is 0. The van der Waals surface area contributed by atoms with Crippen molar-refractivity contribution in [2.45, 2.75) is 0 Å². The third-order valence-electron chi connectivity index (χ3n) is 2.20. The zero-order valence-electron chi connectivity index (χ0n) is 8.28. The molecule has 0 aliphatic heterocycles. The monoisotopic (exact) mass is 320 g/mol. The van der Waals surface area contributed by atoms with Gasteiger partial charge in [0.2, 0.25) is 0 Å². The van der Waals surface area contributed by atoms with E-state index in [1.165, 1.54) is 12.1 Å². The molecule has 0 aliphatic rings. The SMILES string of the molecule is Fc1ccc(Cl)cc1-c1c(F)cc(Br)cc1F. The van der Waals surface area contributed by atoms with E-state index in [0.29, 0.717) is 0 Å². The van der Waals surface area contributed by atoms with Gasteiger partial charge in [-0.2, -0.15) is 0 Å². The Labute approximate surface area is 109 Å². The maximum atomic E-state index is 13.6. The smallest absolute Gasteiger partial charge is 0.135 e. The van der Waals surface area contributed by atoms with Gasteiger partial charge in [0.1, 0.15) is 17.5 Å². The molecule has 0 aromatic heterocycles. The van der Waals surface area contributed by atoms with E-state index in [2.05, 4.69) is 15.9 Å². The molecule has 2 aromatic carbocycles. The third-order valence-corrected chi connectivity index (χ3v) is 2.90. The topological polar surface area (TPSA) is 0 Å². The number of hydrogen-bond donors (Lipinski definition) is 0. The molecule has 2 aromatic rings. The maximum Gasteiger partial charge on any atom is 0.135 e. The molecular formula is C12H5BrClF3. The third kappa shape index (κ3) is 2.48. The van der Waals surface area contributed by atoms with Crippen LogP contribution < -0.4 is 0 Å². The van der Waals surface area contributed by atoms with Crippen molar-refractivity contribution in [3.63, 3.8) is 0 Å². The second-order valence-corrected chi connectivity index (χ2v) is 4.72. The molecule has 0 saturated heterocycles. The Morgan fingerprint density at radius 1 is 0.882 bits per heavy atom. The Bertz CT molecular complexity index is 561. The van der Waals surface area contributed by atoms with Gasteiger partial charge in [0, 0.05) is 15.1 Å². The van der Waals surface area contributed by atoms with Crippen LogP contribution in [0.2, 0.25) is 5.02 Å². The Hall–Kier alpha value is -1.00. The standard InChI is InChI=1S/C12H5BrClF3/c13-6-3-10(16)12(11(17)4-6)8-5-7(14)1-2-9(8)15/h1-5H. The van der Waals surface area contributed by atoms with Gasteiger partial charge in [0.15, 0.2) is 0 Å². The summed E-state index contributed by atoms with van der Waals surface area (Å²) < 4.78 is 41.0. The summed E-state index contributed by atoms with van der Waals surface area (Å²) in [6, 6.07) is 5.71. The van der Waals surface area contributed by atoms with Gasteiger partial charge in [-0.1, -0.05) is 27.5 Å².